The van der Waals surface area contributed by atoms with Crippen LogP contribution in [-0.4, -0.2) is 24.0 Å². The molecule has 0 aliphatic rings. The molecule has 1 N–H and O–H groups in total. The minimum atomic E-state index is -1.06. The molecular weight excluding hydrogens is 286 g/mol. The summed E-state index contributed by atoms with van der Waals surface area (Å²) in [6.45, 7) is 0. The second kappa shape index (κ2) is 5.84. The van der Waals surface area contributed by atoms with Crippen molar-refractivity contribution < 1.29 is 23.8 Å². The Morgan fingerprint density at radius 3 is 2.44 bits per heavy atom. The first-order valence-electron chi connectivity index (χ1n) is 4.54. The van der Waals surface area contributed by atoms with Crippen LogP contribution in [0, 0.1) is 5.82 Å². The van der Waals surface area contributed by atoms with E-state index in [1.807, 2.05) is 0 Å². The summed E-state index contributed by atoms with van der Waals surface area (Å²) in [5.41, 5.74) is -0.967. The van der Waals surface area contributed by atoms with Gasteiger partial charge < -0.3 is 9.84 Å². The molecule has 0 fully saturated rings. The Bertz CT molecular complexity index is 540. The van der Waals surface area contributed by atoms with Gasteiger partial charge in [0.2, 0.25) is 5.78 Å². The van der Waals surface area contributed by atoms with Crippen LogP contribution in [0.3, 0.4) is 0 Å². The molecule has 0 amide bonds. The van der Waals surface area contributed by atoms with Crippen molar-refractivity contribution in [2.24, 2.45) is 0 Å². The lowest BCUT2D eigenvalue weighted by Gasteiger charge is -2.06. The average molecular weight is 293 g/mol. The molecule has 0 unspecified atom stereocenters. The Hall–Kier alpha value is -1.59. The first kappa shape index (κ1) is 14.5. The van der Waals surface area contributed by atoms with Crippen molar-refractivity contribution in [1.82, 2.24) is 0 Å². The van der Waals surface area contributed by atoms with Crippen LogP contribution in [0.25, 0.3) is 0 Å². The number of aliphatic hydroxyl groups is 1. The summed E-state index contributed by atoms with van der Waals surface area (Å²) in [7, 11) is 1.03. The van der Waals surface area contributed by atoms with Crippen LogP contribution >= 0.6 is 23.2 Å². The molecule has 18 heavy (non-hydrogen) atoms. The monoisotopic (exact) mass is 292 g/mol. The third kappa shape index (κ3) is 2.80. The lowest BCUT2D eigenvalue weighted by Crippen LogP contribution is -2.15. The summed E-state index contributed by atoms with van der Waals surface area (Å²) in [5.74, 6) is -2.90. The molecule has 1 aromatic carbocycles. The van der Waals surface area contributed by atoms with Crippen molar-refractivity contribution in [3.05, 3.63) is 45.4 Å². The van der Waals surface area contributed by atoms with Gasteiger partial charge in [0, 0.05) is 5.56 Å². The number of halogens is 3. The highest BCUT2D eigenvalue weighted by molar-refractivity contribution is 6.38. The fourth-order valence-electron chi connectivity index (χ4n) is 1.16. The Balaban J connectivity index is 3.27. The highest BCUT2D eigenvalue weighted by atomic mass is 35.5. The predicted molar refractivity (Wildman–Crippen MR) is 63.5 cm³/mol. The molecule has 1 aromatic rings. The van der Waals surface area contributed by atoms with E-state index in [0.29, 0.717) is 0 Å². The number of benzene rings is 1. The van der Waals surface area contributed by atoms with Crippen LogP contribution in [0.4, 0.5) is 4.39 Å². The molecule has 1 rings (SSSR count). The fourth-order valence-corrected chi connectivity index (χ4v) is 1.62. The van der Waals surface area contributed by atoms with Crippen molar-refractivity contribution in [2.75, 3.05) is 7.11 Å². The van der Waals surface area contributed by atoms with Gasteiger partial charge in [-0.3, -0.25) is 4.79 Å². The Morgan fingerprint density at radius 1 is 1.33 bits per heavy atom. The number of methoxy groups -OCH3 is 1. The van der Waals surface area contributed by atoms with Crippen LogP contribution in [0.1, 0.15) is 10.4 Å². The summed E-state index contributed by atoms with van der Waals surface area (Å²) in [5, 5.41) is 8.42. The van der Waals surface area contributed by atoms with Crippen molar-refractivity contribution >= 4 is 35.0 Å². The number of Topliss-reactive ketones (excluding diaryl/α,β-unsaturated/α-hetero) is 1. The van der Waals surface area contributed by atoms with E-state index < -0.39 is 23.1 Å². The maximum atomic E-state index is 13.2. The quantitative estimate of drug-likeness (QED) is 0.177. The van der Waals surface area contributed by atoms with Crippen LogP contribution in [0.5, 0.6) is 0 Å². The second-order valence-electron chi connectivity index (χ2n) is 3.11. The first-order chi connectivity index (χ1) is 8.42. The molecular formula is C11H7Cl2FO4. The number of hydrogen-bond acceptors (Lipinski definition) is 4. The predicted octanol–water partition coefficient (Wildman–Crippen LogP) is 2.93. The minimum Gasteiger partial charge on any atom is -0.515 e. The fraction of sp³-hybridized carbons (Fsp3) is 0.0909. The van der Waals surface area contributed by atoms with E-state index in [1.54, 1.807) is 0 Å². The van der Waals surface area contributed by atoms with Gasteiger partial charge >= 0.3 is 5.97 Å². The third-order valence-corrected chi connectivity index (χ3v) is 2.64. The molecule has 0 radical (unpaired) electrons. The van der Waals surface area contributed by atoms with Gasteiger partial charge in [0.05, 0.1) is 23.4 Å². The Labute approximate surface area is 112 Å². The zero-order valence-corrected chi connectivity index (χ0v) is 10.5. The molecule has 96 valence electrons. The lowest BCUT2D eigenvalue weighted by atomic mass is 10.0. The van der Waals surface area contributed by atoms with Crippen molar-refractivity contribution in [3.63, 3.8) is 0 Å². The van der Waals surface area contributed by atoms with Crippen LogP contribution in [0.15, 0.2) is 24.0 Å². The van der Waals surface area contributed by atoms with E-state index in [0.717, 1.165) is 19.2 Å². The van der Waals surface area contributed by atoms with E-state index in [1.165, 1.54) is 0 Å². The Kier molecular flexibility index (Phi) is 4.69. The number of hydrogen-bond donors (Lipinski definition) is 1. The van der Waals surface area contributed by atoms with Crippen LogP contribution in [0.2, 0.25) is 10.0 Å². The van der Waals surface area contributed by atoms with Gasteiger partial charge in [-0.1, -0.05) is 23.2 Å². The van der Waals surface area contributed by atoms with Crippen molar-refractivity contribution in [2.45, 2.75) is 0 Å². The van der Waals surface area contributed by atoms with E-state index in [2.05, 4.69) is 4.74 Å². The average Bonchev–Trinajstić information content (AvgIpc) is 2.34. The molecule has 0 aliphatic carbocycles. The summed E-state index contributed by atoms with van der Waals surface area (Å²) < 4.78 is 17.5. The lowest BCUT2D eigenvalue weighted by molar-refractivity contribution is -0.135. The standard InChI is InChI=1S/C11H7Cl2FO4/c1-18-11(17)6(4-15)10(16)5-2-9(14)8(13)3-7(5)12/h2-4,15H,1H3/b6-4-. The number of ether oxygens (including phenoxy) is 1. The topological polar surface area (TPSA) is 63.6 Å². The summed E-state index contributed by atoms with van der Waals surface area (Å²) in [6.07, 6.45) is 0.275. The number of rotatable bonds is 3. The minimum absolute atomic E-state index is 0.144. The zero-order chi connectivity index (χ0) is 13.9. The summed E-state index contributed by atoms with van der Waals surface area (Å²) >= 11 is 11.2. The SMILES string of the molecule is COC(=O)/C(=C\O)C(=O)c1cc(F)c(Cl)cc1Cl. The normalized spacial score (nSPS) is 11.2. The first-order valence-corrected chi connectivity index (χ1v) is 5.30. The Morgan fingerprint density at radius 2 is 1.94 bits per heavy atom. The highest BCUT2D eigenvalue weighted by Gasteiger charge is 2.24. The molecule has 0 aromatic heterocycles. The molecule has 4 nitrogen and oxygen atoms in total. The number of carbonyl (C=O) groups excluding carboxylic acids is 2. The molecule has 0 aliphatic heterocycles. The highest BCUT2D eigenvalue weighted by Crippen LogP contribution is 2.26. The van der Waals surface area contributed by atoms with Gasteiger partial charge in [0.25, 0.3) is 0 Å². The maximum Gasteiger partial charge on any atom is 0.345 e. The van der Waals surface area contributed by atoms with E-state index in [4.69, 9.17) is 28.3 Å². The van der Waals surface area contributed by atoms with Crippen molar-refractivity contribution in [1.29, 1.82) is 0 Å². The number of ketones is 1. The smallest absolute Gasteiger partial charge is 0.345 e. The molecule has 0 atom stereocenters. The van der Waals surface area contributed by atoms with E-state index in [9.17, 15) is 14.0 Å². The van der Waals surface area contributed by atoms with E-state index in [-0.39, 0.29) is 21.9 Å². The number of carbonyl (C=O) groups is 2. The molecule has 7 heteroatoms. The molecule has 0 heterocycles. The maximum absolute atomic E-state index is 13.2. The van der Waals surface area contributed by atoms with Gasteiger partial charge in [-0.05, 0) is 12.1 Å². The van der Waals surface area contributed by atoms with Crippen LogP contribution in [-0.2, 0) is 9.53 Å². The summed E-state index contributed by atoms with van der Waals surface area (Å²) in [6, 6.07) is 1.80. The molecule has 0 spiro atoms. The molecule has 0 saturated heterocycles. The second-order valence-corrected chi connectivity index (χ2v) is 3.92. The molecule has 0 saturated carbocycles. The van der Waals surface area contributed by atoms with E-state index >= 15 is 0 Å². The number of esters is 1. The summed E-state index contributed by atoms with van der Waals surface area (Å²) in [4.78, 5) is 23.0. The van der Waals surface area contributed by atoms with Gasteiger partial charge in [-0.25, -0.2) is 9.18 Å². The zero-order valence-electron chi connectivity index (χ0n) is 9.04. The van der Waals surface area contributed by atoms with Crippen LogP contribution < -0.4 is 0 Å². The van der Waals surface area contributed by atoms with Gasteiger partial charge in [-0.2, -0.15) is 0 Å². The largest absolute Gasteiger partial charge is 0.515 e. The van der Waals surface area contributed by atoms with Gasteiger partial charge in [0.15, 0.2) is 0 Å². The number of aliphatic hydroxyl groups excluding tert-OH is 1. The van der Waals surface area contributed by atoms with Gasteiger partial charge in [-0.15, -0.1) is 0 Å². The molecule has 0 bridgehead atoms. The third-order valence-electron chi connectivity index (χ3n) is 2.03. The van der Waals surface area contributed by atoms with Crippen molar-refractivity contribution in [3.8, 4) is 0 Å². The van der Waals surface area contributed by atoms with Gasteiger partial charge in [0.1, 0.15) is 11.4 Å².